The fourth-order valence-corrected chi connectivity index (χ4v) is 4.31. The number of nitrogens with zero attached hydrogens (tertiary/aromatic N) is 1. The molecule has 3 heteroatoms. The van der Waals surface area contributed by atoms with Gasteiger partial charge in [0.05, 0.1) is 0 Å². The van der Waals surface area contributed by atoms with Crippen LogP contribution in [0.5, 0.6) is 0 Å². The highest BCUT2D eigenvalue weighted by Gasteiger charge is 2.39. The quantitative estimate of drug-likeness (QED) is 0.770. The van der Waals surface area contributed by atoms with Crippen LogP contribution in [0.25, 0.3) is 0 Å². The van der Waals surface area contributed by atoms with Crippen molar-refractivity contribution in [2.24, 2.45) is 11.1 Å². The Morgan fingerprint density at radius 3 is 2.41 bits per heavy atom. The zero-order valence-electron chi connectivity index (χ0n) is 11.5. The maximum Gasteiger partial charge on any atom is 0.0332 e. The third kappa shape index (κ3) is 3.18. The van der Waals surface area contributed by atoms with Crippen molar-refractivity contribution >= 4 is 11.8 Å². The second-order valence-corrected chi connectivity index (χ2v) is 7.77. The van der Waals surface area contributed by atoms with Gasteiger partial charge in [-0.15, -0.1) is 0 Å². The summed E-state index contributed by atoms with van der Waals surface area (Å²) in [4.78, 5) is 2.71. The molecule has 0 aromatic heterocycles. The highest BCUT2D eigenvalue weighted by atomic mass is 32.2. The van der Waals surface area contributed by atoms with Gasteiger partial charge in [0.1, 0.15) is 0 Å². The standard InChI is InChI=1S/C14H28N2S/c1-13(2)4-3-5-14(12-15,7-6-13)16-8-10-17-11-9-16/h3-12,15H2,1-2H3. The summed E-state index contributed by atoms with van der Waals surface area (Å²) in [6.45, 7) is 8.20. The van der Waals surface area contributed by atoms with Gasteiger partial charge in [0, 0.05) is 36.7 Å². The molecular weight excluding hydrogens is 228 g/mol. The van der Waals surface area contributed by atoms with E-state index in [2.05, 4.69) is 30.5 Å². The van der Waals surface area contributed by atoms with Crippen LogP contribution in [0.4, 0.5) is 0 Å². The van der Waals surface area contributed by atoms with E-state index >= 15 is 0 Å². The number of nitrogens with two attached hydrogens (primary N) is 1. The SMILES string of the molecule is CC1(C)CCCC(CN)(N2CCSCC2)CC1. The predicted octanol–water partition coefficient (Wildman–Crippen LogP) is 2.72. The average molecular weight is 256 g/mol. The Bertz CT molecular complexity index is 249. The van der Waals surface area contributed by atoms with Gasteiger partial charge >= 0.3 is 0 Å². The molecule has 2 aliphatic rings. The lowest BCUT2D eigenvalue weighted by molar-refractivity contribution is 0.0860. The van der Waals surface area contributed by atoms with Crippen molar-refractivity contribution in [2.45, 2.75) is 51.5 Å². The van der Waals surface area contributed by atoms with Crippen LogP contribution < -0.4 is 5.73 Å². The maximum absolute atomic E-state index is 6.18. The minimum atomic E-state index is 0.328. The Labute approximate surface area is 111 Å². The van der Waals surface area contributed by atoms with Crippen molar-refractivity contribution < 1.29 is 0 Å². The molecule has 2 nitrogen and oxygen atoms in total. The molecular formula is C14H28N2S. The van der Waals surface area contributed by atoms with Crippen LogP contribution in [-0.2, 0) is 0 Å². The molecule has 0 aromatic carbocycles. The molecule has 0 radical (unpaired) electrons. The lowest BCUT2D eigenvalue weighted by Crippen LogP contribution is -2.56. The molecule has 0 aromatic rings. The molecule has 1 saturated carbocycles. The Morgan fingerprint density at radius 2 is 1.76 bits per heavy atom. The van der Waals surface area contributed by atoms with E-state index in [-0.39, 0.29) is 0 Å². The molecule has 100 valence electrons. The van der Waals surface area contributed by atoms with E-state index in [0.29, 0.717) is 11.0 Å². The second-order valence-electron chi connectivity index (χ2n) is 6.55. The zero-order valence-corrected chi connectivity index (χ0v) is 12.3. The normalized spacial score (nSPS) is 35.5. The fourth-order valence-electron chi connectivity index (χ4n) is 3.40. The minimum Gasteiger partial charge on any atom is -0.329 e. The third-order valence-corrected chi connectivity index (χ3v) is 5.77. The monoisotopic (exact) mass is 256 g/mol. The van der Waals surface area contributed by atoms with Crippen LogP contribution in [-0.4, -0.2) is 41.6 Å². The second kappa shape index (κ2) is 5.50. The molecule has 2 N–H and O–H groups in total. The lowest BCUT2D eigenvalue weighted by atomic mass is 9.83. The molecule has 2 rings (SSSR count). The highest BCUT2D eigenvalue weighted by Crippen LogP contribution is 2.40. The molecule has 1 heterocycles. The number of hydrogen-bond acceptors (Lipinski definition) is 3. The molecule has 0 amide bonds. The van der Waals surface area contributed by atoms with Gasteiger partial charge in [-0.2, -0.15) is 11.8 Å². The summed E-state index contributed by atoms with van der Waals surface area (Å²) in [6.07, 6.45) is 6.69. The van der Waals surface area contributed by atoms with Crippen LogP contribution in [0.2, 0.25) is 0 Å². The van der Waals surface area contributed by atoms with Crippen molar-refractivity contribution in [1.29, 1.82) is 0 Å². The van der Waals surface area contributed by atoms with Gasteiger partial charge in [-0.25, -0.2) is 0 Å². The van der Waals surface area contributed by atoms with Crippen molar-refractivity contribution in [3.63, 3.8) is 0 Å². The molecule has 1 unspecified atom stereocenters. The summed E-state index contributed by atoms with van der Waals surface area (Å²) >= 11 is 2.09. The van der Waals surface area contributed by atoms with E-state index < -0.39 is 0 Å². The first kappa shape index (κ1) is 13.7. The molecule has 1 saturated heterocycles. The molecule has 2 fully saturated rings. The molecule has 1 aliphatic heterocycles. The van der Waals surface area contributed by atoms with Crippen LogP contribution >= 0.6 is 11.8 Å². The third-order valence-electron chi connectivity index (χ3n) is 4.82. The number of hydrogen-bond donors (Lipinski definition) is 1. The van der Waals surface area contributed by atoms with Crippen molar-refractivity contribution in [3.05, 3.63) is 0 Å². The van der Waals surface area contributed by atoms with Crippen LogP contribution in [0, 0.1) is 5.41 Å². The summed E-state index contributed by atoms with van der Waals surface area (Å²) in [5, 5.41) is 0. The van der Waals surface area contributed by atoms with E-state index in [1.165, 1.54) is 56.7 Å². The van der Waals surface area contributed by atoms with E-state index in [9.17, 15) is 0 Å². The first-order valence-corrected chi connectivity index (χ1v) is 8.26. The highest BCUT2D eigenvalue weighted by molar-refractivity contribution is 7.99. The number of rotatable bonds is 2. The van der Waals surface area contributed by atoms with E-state index in [4.69, 9.17) is 5.73 Å². The van der Waals surface area contributed by atoms with Gasteiger partial charge in [-0.1, -0.05) is 20.3 Å². The molecule has 1 atom stereocenters. The van der Waals surface area contributed by atoms with Gasteiger partial charge in [-0.3, -0.25) is 4.90 Å². The van der Waals surface area contributed by atoms with Gasteiger partial charge in [0.25, 0.3) is 0 Å². The maximum atomic E-state index is 6.18. The summed E-state index contributed by atoms with van der Waals surface area (Å²) < 4.78 is 0. The topological polar surface area (TPSA) is 29.3 Å². The molecule has 1 aliphatic carbocycles. The van der Waals surface area contributed by atoms with E-state index in [1.54, 1.807) is 0 Å². The average Bonchev–Trinajstić information content (AvgIpc) is 2.50. The van der Waals surface area contributed by atoms with Gasteiger partial charge in [0.15, 0.2) is 0 Å². The smallest absolute Gasteiger partial charge is 0.0332 e. The first-order valence-electron chi connectivity index (χ1n) is 7.11. The predicted molar refractivity (Wildman–Crippen MR) is 77.5 cm³/mol. The first-order chi connectivity index (χ1) is 8.08. The van der Waals surface area contributed by atoms with Gasteiger partial charge in [0.2, 0.25) is 0 Å². The largest absolute Gasteiger partial charge is 0.329 e. The van der Waals surface area contributed by atoms with Crippen molar-refractivity contribution in [2.75, 3.05) is 31.1 Å². The Kier molecular flexibility index (Phi) is 4.43. The Hall–Kier alpha value is 0.270. The summed E-state index contributed by atoms with van der Waals surface area (Å²) in [5.41, 5.74) is 7.04. The van der Waals surface area contributed by atoms with Crippen LogP contribution in [0.15, 0.2) is 0 Å². The Balaban J connectivity index is 2.07. The van der Waals surface area contributed by atoms with Crippen molar-refractivity contribution in [3.8, 4) is 0 Å². The van der Waals surface area contributed by atoms with Crippen LogP contribution in [0.1, 0.15) is 46.0 Å². The zero-order chi connectivity index (χ0) is 12.4. The Morgan fingerprint density at radius 1 is 1.06 bits per heavy atom. The molecule has 0 spiro atoms. The fraction of sp³-hybridized carbons (Fsp3) is 1.00. The summed E-state index contributed by atoms with van der Waals surface area (Å²) in [6, 6.07) is 0. The molecule has 17 heavy (non-hydrogen) atoms. The van der Waals surface area contributed by atoms with Gasteiger partial charge < -0.3 is 5.73 Å². The van der Waals surface area contributed by atoms with E-state index in [0.717, 1.165) is 6.54 Å². The molecule has 0 bridgehead atoms. The van der Waals surface area contributed by atoms with Crippen molar-refractivity contribution in [1.82, 2.24) is 4.90 Å². The van der Waals surface area contributed by atoms with E-state index in [1.807, 2.05) is 0 Å². The number of thioether (sulfide) groups is 1. The van der Waals surface area contributed by atoms with Gasteiger partial charge in [-0.05, 0) is 31.1 Å². The summed E-state index contributed by atoms with van der Waals surface area (Å²) in [7, 11) is 0. The van der Waals surface area contributed by atoms with Crippen LogP contribution in [0.3, 0.4) is 0 Å². The summed E-state index contributed by atoms with van der Waals surface area (Å²) in [5.74, 6) is 2.59. The lowest BCUT2D eigenvalue weighted by Gasteiger charge is -2.45. The minimum absolute atomic E-state index is 0.328.